The molecule has 0 aliphatic heterocycles. The summed E-state index contributed by atoms with van der Waals surface area (Å²) in [6, 6.07) is 0. The minimum atomic E-state index is 0.0556. The van der Waals surface area contributed by atoms with Crippen molar-refractivity contribution >= 4 is 24.7 Å². The van der Waals surface area contributed by atoms with Gasteiger partial charge in [-0.05, 0) is 0 Å². The van der Waals surface area contributed by atoms with E-state index in [1.54, 1.807) is 0 Å². The molecule has 0 aliphatic rings. The number of hydrogen-bond acceptors (Lipinski definition) is 2. The van der Waals surface area contributed by atoms with Crippen molar-refractivity contribution in [3.05, 3.63) is 0 Å². The summed E-state index contributed by atoms with van der Waals surface area (Å²) in [5.41, 5.74) is 0. The molecule has 0 aromatic heterocycles. The van der Waals surface area contributed by atoms with Crippen molar-refractivity contribution < 1.29 is 22.1 Å². The summed E-state index contributed by atoms with van der Waals surface area (Å²) < 4.78 is 16.3. The van der Waals surface area contributed by atoms with Gasteiger partial charge in [0.25, 0.3) is 0 Å². The van der Waals surface area contributed by atoms with Gasteiger partial charge in [0, 0.05) is 0 Å². The van der Waals surface area contributed by atoms with E-state index in [1.807, 2.05) is 0 Å². The standard InChI is InChI=1S/Bi.Ni.2O.H. The van der Waals surface area contributed by atoms with Crippen molar-refractivity contribution in [3.8, 4) is 0 Å². The number of hydrogen-bond donors (Lipinski definition) is 0. The molecule has 2 nitrogen and oxygen atoms in total. The first-order chi connectivity index (χ1) is 2.00. The SMILES string of the molecule is [O]=[BiH].[O]=[Ni]. The third kappa shape index (κ3) is 12.2. The first-order valence-electron chi connectivity index (χ1n) is 0.333. The van der Waals surface area contributed by atoms with E-state index in [4.69, 9.17) is 6.71 Å². The van der Waals surface area contributed by atoms with Crippen molar-refractivity contribution in [2.45, 2.75) is 0 Å². The van der Waals surface area contributed by atoms with Crippen LogP contribution in [0.5, 0.6) is 0 Å². The number of rotatable bonds is 0. The zero-order chi connectivity index (χ0) is 4.00. The Labute approximate surface area is 46.8 Å². The van der Waals surface area contributed by atoms with Gasteiger partial charge in [0.1, 0.15) is 0 Å². The Balaban J connectivity index is 0. The molecule has 0 aromatic carbocycles. The Morgan fingerprint density at radius 3 is 1.25 bits per heavy atom. The summed E-state index contributed by atoms with van der Waals surface area (Å²) in [4.78, 5) is 0. The second-order valence-electron chi connectivity index (χ2n) is 0. The molecule has 0 aliphatic carbocycles. The van der Waals surface area contributed by atoms with E-state index in [9.17, 15) is 0 Å². The minimum absolute atomic E-state index is 0.0556. The molecule has 0 fully saturated rings. The molecular formula is HBiNiO2. The summed E-state index contributed by atoms with van der Waals surface area (Å²) in [5, 5.41) is 0. The van der Waals surface area contributed by atoms with Gasteiger partial charge in [-0.25, -0.2) is 0 Å². The second-order valence-corrected chi connectivity index (χ2v) is 0. The predicted octanol–water partition coefficient (Wildman–Crippen LogP) is -0.889. The Morgan fingerprint density at radius 1 is 1.25 bits per heavy atom. The average Bonchev–Trinajstić information content (AvgIpc) is 1.50. The molecule has 0 N–H and O–H groups in total. The summed E-state index contributed by atoms with van der Waals surface area (Å²) >= 11 is 2.68. The van der Waals surface area contributed by atoms with Crippen LogP contribution in [0.15, 0.2) is 0 Å². The molecule has 0 unspecified atom stereocenters. The van der Waals surface area contributed by atoms with Crippen LogP contribution in [0.4, 0.5) is 0 Å². The second kappa shape index (κ2) is 36.9. The van der Waals surface area contributed by atoms with E-state index < -0.39 is 0 Å². The zero-order valence-corrected chi connectivity index (χ0v) is 6.51. The maximum atomic E-state index is 8.39. The Kier molecular flexibility index (Phi) is 82.0. The van der Waals surface area contributed by atoms with Crippen LogP contribution >= 0.6 is 0 Å². The van der Waals surface area contributed by atoms with Gasteiger partial charge < -0.3 is 0 Å². The Morgan fingerprint density at radius 2 is 1.25 bits per heavy atom. The first kappa shape index (κ1) is 8.88. The van der Waals surface area contributed by atoms with Gasteiger partial charge in [0.05, 0.1) is 0 Å². The van der Waals surface area contributed by atoms with E-state index >= 15 is 0 Å². The topological polar surface area (TPSA) is 34.1 Å². The molecule has 0 atom stereocenters. The summed E-state index contributed by atoms with van der Waals surface area (Å²) in [5.74, 6) is 0. The van der Waals surface area contributed by atoms with Crippen molar-refractivity contribution in [1.82, 2.24) is 0 Å². The molecule has 0 bridgehead atoms. The Hall–Kier alpha value is 0.977. The third-order valence-corrected chi connectivity index (χ3v) is 0. The molecule has 4 heteroatoms. The molecule has 4 heavy (non-hydrogen) atoms. The van der Waals surface area contributed by atoms with E-state index in [1.165, 1.54) is 0 Å². The van der Waals surface area contributed by atoms with Crippen molar-refractivity contribution in [2.24, 2.45) is 0 Å². The van der Waals surface area contributed by atoms with Gasteiger partial charge in [-0.3, -0.25) is 0 Å². The fourth-order valence-corrected chi connectivity index (χ4v) is 0. The summed E-state index contributed by atoms with van der Waals surface area (Å²) in [7, 11) is 0. The van der Waals surface area contributed by atoms with E-state index in [-0.39, 0.29) is 24.7 Å². The van der Waals surface area contributed by atoms with Crippen LogP contribution in [-0.4, -0.2) is 24.7 Å². The molecule has 0 radical (unpaired) electrons. The van der Waals surface area contributed by atoms with Gasteiger partial charge in [0.2, 0.25) is 0 Å². The molecule has 0 spiro atoms. The fraction of sp³-hybridized carbons (Fsp3) is 0. The van der Waals surface area contributed by atoms with Crippen molar-refractivity contribution in [1.29, 1.82) is 0 Å². The van der Waals surface area contributed by atoms with Crippen LogP contribution in [0.1, 0.15) is 0 Å². The van der Waals surface area contributed by atoms with Gasteiger partial charge in [-0.2, -0.15) is 0 Å². The Bertz CT molecular complexity index is 8.00. The first-order valence-corrected chi connectivity index (χ1v) is 2.32. The molecule has 0 saturated carbocycles. The van der Waals surface area contributed by atoms with Crippen molar-refractivity contribution in [2.75, 3.05) is 0 Å². The van der Waals surface area contributed by atoms with Crippen molar-refractivity contribution in [3.63, 3.8) is 0 Å². The van der Waals surface area contributed by atoms with E-state index in [0.717, 1.165) is 0 Å². The maximum absolute atomic E-state index is 8.39. The predicted molar refractivity (Wildman–Crippen MR) is 8.52 cm³/mol. The molecule has 0 rings (SSSR count). The van der Waals surface area contributed by atoms with E-state index in [0.29, 0.717) is 0 Å². The monoisotopic (exact) mass is 300 g/mol. The molecule has 28 valence electrons. The van der Waals surface area contributed by atoms with Crippen LogP contribution in [0.2, 0.25) is 0 Å². The van der Waals surface area contributed by atoms with Gasteiger partial charge in [0.15, 0.2) is 0 Å². The molecular weight excluding hydrogens is 300 g/mol. The quantitative estimate of drug-likeness (QED) is 0.544. The van der Waals surface area contributed by atoms with Gasteiger partial charge in [-0.1, -0.05) is 0 Å². The third-order valence-electron chi connectivity index (χ3n) is 0. The van der Waals surface area contributed by atoms with Gasteiger partial charge in [-0.15, -0.1) is 0 Å². The summed E-state index contributed by atoms with van der Waals surface area (Å²) in [6.45, 7) is 0. The van der Waals surface area contributed by atoms with Gasteiger partial charge >= 0.3 is 46.8 Å². The fourth-order valence-electron chi connectivity index (χ4n) is 0. The summed E-state index contributed by atoms with van der Waals surface area (Å²) in [6.07, 6.45) is 0. The average molecular weight is 301 g/mol. The van der Waals surface area contributed by atoms with E-state index in [2.05, 4.69) is 15.4 Å². The molecule has 0 heterocycles. The zero-order valence-electron chi connectivity index (χ0n) is 1.63. The molecule has 0 saturated heterocycles. The normalized spacial score (nSPS) is 2.50. The van der Waals surface area contributed by atoms with Crippen LogP contribution in [-0.2, 0) is 22.1 Å². The molecule has 0 aromatic rings. The van der Waals surface area contributed by atoms with Crippen LogP contribution in [0, 0.1) is 0 Å². The van der Waals surface area contributed by atoms with Crippen LogP contribution in [0.25, 0.3) is 0 Å². The van der Waals surface area contributed by atoms with Crippen LogP contribution in [0.3, 0.4) is 0 Å². The van der Waals surface area contributed by atoms with Crippen LogP contribution < -0.4 is 0 Å². The molecule has 0 amide bonds.